The predicted octanol–water partition coefficient (Wildman–Crippen LogP) is 2.50. The third-order valence-corrected chi connectivity index (χ3v) is 6.14. The molecule has 2 aromatic heterocycles. The van der Waals surface area contributed by atoms with E-state index in [4.69, 9.17) is 11.6 Å². The van der Waals surface area contributed by atoms with Crippen molar-refractivity contribution in [2.24, 2.45) is 5.92 Å². The molecule has 0 saturated carbocycles. The molecule has 148 valence electrons. The van der Waals surface area contributed by atoms with Crippen LogP contribution in [0.15, 0.2) is 24.4 Å². The van der Waals surface area contributed by atoms with Crippen LogP contribution < -0.4 is 16.2 Å². The molecule has 1 aliphatic carbocycles. The van der Waals surface area contributed by atoms with Crippen molar-refractivity contribution in [1.82, 2.24) is 21.2 Å². The highest BCUT2D eigenvalue weighted by Crippen LogP contribution is 2.33. The first-order valence-electron chi connectivity index (χ1n) is 9.06. The van der Waals surface area contributed by atoms with Gasteiger partial charge in [-0.3, -0.25) is 30.2 Å². The van der Waals surface area contributed by atoms with Gasteiger partial charge in [0.1, 0.15) is 5.69 Å². The summed E-state index contributed by atoms with van der Waals surface area (Å²) in [6.07, 6.45) is 5.71. The first-order valence-corrected chi connectivity index (χ1v) is 10.3. The van der Waals surface area contributed by atoms with Gasteiger partial charge in [-0.15, -0.1) is 11.3 Å². The minimum Gasteiger partial charge on any atom is -0.342 e. The number of carbonyl (C=O) groups excluding carboxylic acids is 3. The summed E-state index contributed by atoms with van der Waals surface area (Å²) in [7, 11) is 0. The largest absolute Gasteiger partial charge is 0.342 e. The molecule has 3 N–H and O–H groups in total. The topological polar surface area (TPSA) is 100 Å². The molecule has 0 fully saturated rings. The maximum atomic E-state index is 12.3. The molecule has 2 heterocycles. The molecule has 3 amide bonds. The molecule has 0 saturated heterocycles. The summed E-state index contributed by atoms with van der Waals surface area (Å²) in [5.74, 6) is -0.754. The van der Waals surface area contributed by atoms with Crippen LogP contribution in [-0.4, -0.2) is 29.3 Å². The average Bonchev–Trinajstić information content (AvgIpc) is 3.13. The highest BCUT2D eigenvalue weighted by molar-refractivity contribution is 7.14. The second kappa shape index (κ2) is 9.16. The van der Waals surface area contributed by atoms with Gasteiger partial charge in [-0.1, -0.05) is 24.9 Å². The van der Waals surface area contributed by atoms with E-state index in [1.165, 1.54) is 34.0 Å². The zero-order valence-electron chi connectivity index (χ0n) is 15.4. The summed E-state index contributed by atoms with van der Waals surface area (Å²) in [5.41, 5.74) is 6.04. The van der Waals surface area contributed by atoms with Gasteiger partial charge in [-0.25, -0.2) is 0 Å². The Labute approximate surface area is 171 Å². The first kappa shape index (κ1) is 20.3. The van der Waals surface area contributed by atoms with Gasteiger partial charge in [0.15, 0.2) is 0 Å². The number of nitrogens with zero attached hydrogens (tertiary/aromatic N) is 1. The smallest absolute Gasteiger partial charge is 0.279 e. The number of halogens is 1. The molecule has 0 aromatic carbocycles. The van der Waals surface area contributed by atoms with Crippen LogP contribution in [0, 0.1) is 5.92 Å². The Balaban J connectivity index is 1.46. The lowest BCUT2D eigenvalue weighted by Gasteiger charge is -2.19. The van der Waals surface area contributed by atoms with E-state index >= 15 is 0 Å². The van der Waals surface area contributed by atoms with Crippen LogP contribution in [-0.2, 0) is 17.6 Å². The number of aryl methyl sites for hydroxylation is 1. The monoisotopic (exact) mass is 420 g/mol. The van der Waals surface area contributed by atoms with Crippen LogP contribution in [0.1, 0.15) is 50.4 Å². The molecule has 7 nitrogen and oxygen atoms in total. The number of hydrazine groups is 1. The summed E-state index contributed by atoms with van der Waals surface area (Å²) in [4.78, 5) is 41.8. The number of rotatable bonds is 5. The molecule has 0 bridgehead atoms. The summed E-state index contributed by atoms with van der Waals surface area (Å²) in [6, 6.07) is 4.86. The SMILES string of the molecule is CC[C@@H]1CCc2sc(C(=O)NNC(=O)CNC(=O)c3cc(Cl)ccn3)cc2C1. The number of amides is 3. The molecule has 2 aromatic rings. The molecule has 0 spiro atoms. The van der Waals surface area contributed by atoms with Gasteiger partial charge in [0, 0.05) is 16.1 Å². The Morgan fingerprint density at radius 3 is 2.82 bits per heavy atom. The zero-order chi connectivity index (χ0) is 20.1. The van der Waals surface area contributed by atoms with E-state index in [1.54, 1.807) is 6.07 Å². The van der Waals surface area contributed by atoms with Crippen molar-refractivity contribution in [1.29, 1.82) is 0 Å². The predicted molar refractivity (Wildman–Crippen MR) is 107 cm³/mol. The van der Waals surface area contributed by atoms with Gasteiger partial charge in [-0.2, -0.15) is 0 Å². The number of pyridine rings is 1. The first-order chi connectivity index (χ1) is 13.5. The van der Waals surface area contributed by atoms with Gasteiger partial charge in [-0.05, 0) is 48.9 Å². The Hall–Kier alpha value is -2.45. The Kier molecular flexibility index (Phi) is 6.64. The van der Waals surface area contributed by atoms with E-state index in [-0.39, 0.29) is 18.1 Å². The van der Waals surface area contributed by atoms with E-state index < -0.39 is 11.8 Å². The fraction of sp³-hybridized carbons (Fsp3) is 0.368. The highest BCUT2D eigenvalue weighted by Gasteiger charge is 2.22. The Morgan fingerprint density at radius 2 is 2.07 bits per heavy atom. The van der Waals surface area contributed by atoms with Gasteiger partial charge >= 0.3 is 0 Å². The molecule has 0 aliphatic heterocycles. The van der Waals surface area contributed by atoms with E-state index in [0.717, 1.165) is 25.7 Å². The van der Waals surface area contributed by atoms with Crippen LogP contribution in [0.2, 0.25) is 5.02 Å². The van der Waals surface area contributed by atoms with Crippen molar-refractivity contribution in [3.63, 3.8) is 0 Å². The number of aromatic nitrogens is 1. The third kappa shape index (κ3) is 5.08. The number of fused-ring (bicyclic) bond motifs is 1. The molecule has 28 heavy (non-hydrogen) atoms. The van der Waals surface area contributed by atoms with Gasteiger partial charge in [0.05, 0.1) is 11.4 Å². The molecule has 1 atom stereocenters. The number of thiophene rings is 1. The van der Waals surface area contributed by atoms with Gasteiger partial charge < -0.3 is 5.32 Å². The fourth-order valence-corrected chi connectivity index (χ4v) is 4.34. The standard InChI is InChI=1S/C19H21ClN4O3S/c1-2-11-3-4-15-12(7-11)8-16(28-15)19(27)24-23-17(25)10-22-18(26)14-9-13(20)5-6-21-14/h5-6,8-9,11H,2-4,7,10H2,1H3,(H,22,26)(H,23,25)(H,24,27)/t11-/m1/s1. The summed E-state index contributed by atoms with van der Waals surface area (Å²) >= 11 is 7.27. The Bertz CT molecular complexity index is 899. The van der Waals surface area contributed by atoms with Gasteiger partial charge in [0.2, 0.25) is 0 Å². The average molecular weight is 421 g/mol. The minimum absolute atomic E-state index is 0.110. The van der Waals surface area contributed by atoms with Crippen molar-refractivity contribution < 1.29 is 14.4 Å². The maximum absolute atomic E-state index is 12.3. The Morgan fingerprint density at radius 1 is 1.25 bits per heavy atom. The molecular weight excluding hydrogens is 400 g/mol. The zero-order valence-corrected chi connectivity index (χ0v) is 17.0. The number of hydrogen-bond acceptors (Lipinski definition) is 5. The van der Waals surface area contributed by atoms with E-state index in [9.17, 15) is 14.4 Å². The van der Waals surface area contributed by atoms with Crippen LogP contribution in [0.4, 0.5) is 0 Å². The molecule has 0 radical (unpaired) electrons. The van der Waals surface area contributed by atoms with Crippen molar-refractivity contribution >= 4 is 40.7 Å². The third-order valence-electron chi connectivity index (χ3n) is 4.67. The van der Waals surface area contributed by atoms with Crippen molar-refractivity contribution in [2.45, 2.75) is 32.6 Å². The normalized spacial score (nSPS) is 15.4. The van der Waals surface area contributed by atoms with Crippen LogP contribution in [0.25, 0.3) is 0 Å². The number of nitrogens with one attached hydrogen (secondary N) is 3. The van der Waals surface area contributed by atoms with Crippen LogP contribution >= 0.6 is 22.9 Å². The van der Waals surface area contributed by atoms with E-state index in [0.29, 0.717) is 15.8 Å². The summed E-state index contributed by atoms with van der Waals surface area (Å²) < 4.78 is 0. The fourth-order valence-electron chi connectivity index (χ4n) is 3.07. The summed E-state index contributed by atoms with van der Waals surface area (Å²) in [6.45, 7) is 1.89. The molecule has 0 unspecified atom stereocenters. The molecule has 3 rings (SSSR count). The molecule has 9 heteroatoms. The lowest BCUT2D eigenvalue weighted by Crippen LogP contribution is -2.46. The highest BCUT2D eigenvalue weighted by atomic mass is 35.5. The number of carbonyl (C=O) groups is 3. The van der Waals surface area contributed by atoms with Gasteiger partial charge in [0.25, 0.3) is 17.7 Å². The quantitative estimate of drug-likeness (QED) is 0.647. The lowest BCUT2D eigenvalue weighted by atomic mass is 9.87. The second-order valence-electron chi connectivity index (χ2n) is 6.62. The van der Waals surface area contributed by atoms with E-state index in [2.05, 4.69) is 28.1 Å². The maximum Gasteiger partial charge on any atom is 0.279 e. The van der Waals surface area contributed by atoms with E-state index in [1.807, 2.05) is 6.07 Å². The second-order valence-corrected chi connectivity index (χ2v) is 8.19. The lowest BCUT2D eigenvalue weighted by molar-refractivity contribution is -0.120. The van der Waals surface area contributed by atoms with Crippen LogP contribution in [0.3, 0.4) is 0 Å². The van der Waals surface area contributed by atoms with Crippen molar-refractivity contribution in [3.8, 4) is 0 Å². The molecule has 1 aliphatic rings. The van der Waals surface area contributed by atoms with Crippen molar-refractivity contribution in [2.75, 3.05) is 6.54 Å². The summed E-state index contributed by atoms with van der Waals surface area (Å²) in [5, 5.41) is 2.80. The number of hydrogen-bond donors (Lipinski definition) is 3. The minimum atomic E-state index is -0.545. The molecular formula is C19H21ClN4O3S. The van der Waals surface area contributed by atoms with Crippen LogP contribution in [0.5, 0.6) is 0 Å². The van der Waals surface area contributed by atoms with Crippen molar-refractivity contribution in [3.05, 3.63) is 50.4 Å².